The first-order chi connectivity index (χ1) is 18.5. The van der Waals surface area contributed by atoms with Crippen molar-refractivity contribution in [2.45, 2.75) is 31.2 Å². The van der Waals surface area contributed by atoms with Gasteiger partial charge in [-0.2, -0.15) is 5.10 Å². The van der Waals surface area contributed by atoms with E-state index in [4.69, 9.17) is 4.99 Å². The zero-order valence-electron chi connectivity index (χ0n) is 21.6. The first-order valence-electron chi connectivity index (χ1n) is 13.6. The number of carbonyl (C=O) groups excluding carboxylic acids is 2. The van der Waals surface area contributed by atoms with E-state index in [1.807, 2.05) is 22.1 Å². The smallest absolute Gasteiger partial charge is 0.256 e. The third-order valence-electron chi connectivity index (χ3n) is 8.58. The number of fused-ring (bicyclic) bond motifs is 1. The molecule has 38 heavy (non-hydrogen) atoms. The summed E-state index contributed by atoms with van der Waals surface area (Å²) in [6.45, 7) is 3.84. The molecule has 1 saturated carbocycles. The number of amides is 2. The number of benzene rings is 2. The Labute approximate surface area is 226 Å². The van der Waals surface area contributed by atoms with E-state index >= 15 is 0 Å². The number of nitrogens with one attached hydrogen (secondary N) is 1. The van der Waals surface area contributed by atoms with Crippen LogP contribution in [-0.2, 0) is 9.59 Å². The summed E-state index contributed by atoms with van der Waals surface area (Å²) in [5, 5.41) is 8.21. The molecular weight excluding hydrogens is 496 g/mol. The average molecular weight is 529 g/mol. The number of nitrogens with zero attached hydrogens (tertiary/aromatic N) is 5. The van der Waals surface area contributed by atoms with Crippen LogP contribution in [0.3, 0.4) is 0 Å². The molecule has 2 saturated heterocycles. The molecule has 9 heteroatoms. The van der Waals surface area contributed by atoms with Gasteiger partial charge in [0.2, 0.25) is 5.91 Å². The van der Waals surface area contributed by atoms with Crippen molar-refractivity contribution in [1.82, 2.24) is 24.3 Å². The van der Waals surface area contributed by atoms with Gasteiger partial charge >= 0.3 is 0 Å². The molecule has 1 N–H and O–H groups in total. The van der Waals surface area contributed by atoms with Crippen molar-refractivity contribution in [3.05, 3.63) is 54.2 Å². The van der Waals surface area contributed by atoms with Crippen molar-refractivity contribution >= 4 is 40.5 Å². The van der Waals surface area contributed by atoms with E-state index in [9.17, 15) is 9.59 Å². The van der Waals surface area contributed by atoms with Crippen LogP contribution in [0.1, 0.15) is 31.2 Å². The number of likely N-dealkylation sites (tertiary alicyclic amines) is 1. The number of carbonyl (C=O) groups is 2. The lowest BCUT2D eigenvalue weighted by atomic mass is 9.88. The van der Waals surface area contributed by atoms with Crippen LogP contribution >= 0.6 is 11.9 Å². The zero-order chi connectivity index (χ0) is 25.9. The summed E-state index contributed by atoms with van der Waals surface area (Å²) >= 11 is 1.74. The quantitative estimate of drug-likeness (QED) is 0.492. The second-order valence-corrected chi connectivity index (χ2v) is 12.0. The van der Waals surface area contributed by atoms with Gasteiger partial charge in [0.05, 0.1) is 11.7 Å². The topological polar surface area (TPSA) is 84.9 Å². The largest absolute Gasteiger partial charge is 0.342 e. The molecule has 1 aromatic heterocycles. The number of amidine groups is 1. The number of H-pyrrole nitrogens is 1. The number of piperidine rings is 1. The number of aliphatic imine (C=N–C) groups is 1. The molecule has 0 bridgehead atoms. The van der Waals surface area contributed by atoms with Crippen LogP contribution in [0, 0.1) is 11.8 Å². The van der Waals surface area contributed by atoms with Gasteiger partial charge in [0.15, 0.2) is 0 Å². The van der Waals surface area contributed by atoms with Gasteiger partial charge in [0, 0.05) is 55.5 Å². The highest BCUT2D eigenvalue weighted by Gasteiger charge is 2.51. The fraction of sp³-hybridized carbons (Fsp3) is 0.448. The molecule has 1 spiro atoms. The molecular formula is C29H32N6O2S. The highest BCUT2D eigenvalue weighted by atomic mass is 32.2. The maximum Gasteiger partial charge on any atom is 0.256 e. The summed E-state index contributed by atoms with van der Waals surface area (Å²) in [6.07, 6.45) is 7.48. The molecule has 3 aromatic rings. The van der Waals surface area contributed by atoms with E-state index in [0.29, 0.717) is 18.4 Å². The lowest BCUT2D eigenvalue weighted by molar-refractivity contribution is -0.140. The van der Waals surface area contributed by atoms with E-state index < -0.39 is 5.54 Å². The standard InChI is InChI=1S/C29H32N6O2S/c1-38-34-12-10-29(11-13-34)28(37)35(18-19-16-33(17-19)27(36)22-6-7-22)26(31-29)21-4-2-20(3-5-21)23-8-9-25-24(14-23)15-30-32-25/h2-5,8-9,14-15,19,22H,6-7,10-13,16-18H2,1H3,(H,30,32). The lowest BCUT2D eigenvalue weighted by Crippen LogP contribution is -2.56. The number of aromatic amines is 1. The Balaban J connectivity index is 1.14. The summed E-state index contributed by atoms with van der Waals surface area (Å²) in [5.41, 5.74) is 3.57. The summed E-state index contributed by atoms with van der Waals surface area (Å²) in [5.74, 6) is 1.77. The van der Waals surface area contributed by atoms with E-state index in [0.717, 1.165) is 85.3 Å². The molecule has 196 valence electrons. The van der Waals surface area contributed by atoms with Crippen LogP contribution in [0.4, 0.5) is 0 Å². The van der Waals surface area contributed by atoms with Crippen molar-refractivity contribution in [2.24, 2.45) is 16.8 Å². The monoisotopic (exact) mass is 528 g/mol. The maximum absolute atomic E-state index is 14.0. The maximum atomic E-state index is 14.0. The summed E-state index contributed by atoms with van der Waals surface area (Å²) < 4.78 is 2.31. The molecule has 0 unspecified atom stereocenters. The normalized spacial score (nSPS) is 21.8. The van der Waals surface area contributed by atoms with Crippen molar-refractivity contribution < 1.29 is 9.59 Å². The van der Waals surface area contributed by atoms with Crippen molar-refractivity contribution in [2.75, 3.05) is 39.0 Å². The van der Waals surface area contributed by atoms with Crippen LogP contribution < -0.4 is 0 Å². The minimum Gasteiger partial charge on any atom is -0.342 e. The van der Waals surface area contributed by atoms with Gasteiger partial charge < -0.3 is 4.90 Å². The van der Waals surface area contributed by atoms with Crippen molar-refractivity contribution in [3.63, 3.8) is 0 Å². The molecule has 0 atom stereocenters. The van der Waals surface area contributed by atoms with Gasteiger partial charge in [-0.1, -0.05) is 42.3 Å². The number of aromatic nitrogens is 2. The van der Waals surface area contributed by atoms with E-state index in [1.165, 1.54) is 0 Å². The molecule has 3 fully saturated rings. The van der Waals surface area contributed by atoms with Gasteiger partial charge in [-0.05, 0) is 55.2 Å². The molecule has 8 nitrogen and oxygen atoms in total. The Morgan fingerprint density at radius 3 is 2.47 bits per heavy atom. The van der Waals surface area contributed by atoms with E-state index in [-0.39, 0.29) is 11.8 Å². The van der Waals surface area contributed by atoms with Gasteiger partial charge in [-0.3, -0.25) is 28.9 Å². The van der Waals surface area contributed by atoms with Crippen molar-refractivity contribution in [3.8, 4) is 11.1 Å². The Hall–Kier alpha value is -3.17. The number of hydrogen-bond donors (Lipinski definition) is 1. The summed E-state index contributed by atoms with van der Waals surface area (Å²) in [7, 11) is 0. The fourth-order valence-electron chi connectivity index (χ4n) is 6.06. The second-order valence-electron chi connectivity index (χ2n) is 11.1. The van der Waals surface area contributed by atoms with Gasteiger partial charge in [-0.15, -0.1) is 0 Å². The molecule has 7 rings (SSSR count). The van der Waals surface area contributed by atoms with Crippen molar-refractivity contribution in [1.29, 1.82) is 0 Å². The minimum absolute atomic E-state index is 0.134. The van der Waals surface area contributed by atoms with Crippen LogP contribution in [-0.4, -0.2) is 86.5 Å². The third kappa shape index (κ3) is 4.12. The first kappa shape index (κ1) is 23.9. The summed E-state index contributed by atoms with van der Waals surface area (Å²) in [4.78, 5) is 35.5. The molecule has 0 radical (unpaired) electrons. The molecule has 2 amide bonds. The van der Waals surface area contributed by atoms with Crippen LogP contribution in [0.15, 0.2) is 53.7 Å². The molecule has 3 aliphatic heterocycles. The summed E-state index contributed by atoms with van der Waals surface area (Å²) in [6, 6.07) is 14.7. The van der Waals surface area contributed by atoms with Crippen LogP contribution in [0.5, 0.6) is 0 Å². The average Bonchev–Trinajstić information content (AvgIpc) is 3.62. The SMILES string of the molecule is CSN1CCC2(CC1)N=C(c1ccc(-c3ccc4[nH]ncc4c3)cc1)N(CC1CN(C(=O)C3CC3)C1)C2=O. The van der Waals surface area contributed by atoms with Crippen LogP contribution in [0.25, 0.3) is 22.0 Å². The first-order valence-corrected chi connectivity index (χ1v) is 14.7. The van der Waals surface area contributed by atoms with E-state index in [1.54, 1.807) is 11.9 Å². The van der Waals surface area contributed by atoms with Gasteiger partial charge in [-0.25, -0.2) is 0 Å². The van der Waals surface area contributed by atoms with E-state index in [2.05, 4.69) is 57.2 Å². The Bertz CT molecular complexity index is 1410. The molecule has 1 aliphatic carbocycles. The van der Waals surface area contributed by atoms with Gasteiger partial charge in [0.1, 0.15) is 11.4 Å². The third-order valence-corrected chi connectivity index (χ3v) is 9.46. The Kier molecular flexibility index (Phi) is 5.81. The highest BCUT2D eigenvalue weighted by molar-refractivity contribution is 7.96. The predicted molar refractivity (Wildman–Crippen MR) is 150 cm³/mol. The molecule has 2 aromatic carbocycles. The number of rotatable bonds is 6. The Morgan fingerprint density at radius 2 is 1.76 bits per heavy atom. The lowest BCUT2D eigenvalue weighted by Gasteiger charge is -2.42. The molecule has 4 heterocycles. The Morgan fingerprint density at radius 1 is 1.05 bits per heavy atom. The highest BCUT2D eigenvalue weighted by Crippen LogP contribution is 2.38. The zero-order valence-corrected chi connectivity index (χ0v) is 22.4. The number of hydrogen-bond acceptors (Lipinski definition) is 6. The van der Waals surface area contributed by atoms with Crippen LogP contribution in [0.2, 0.25) is 0 Å². The molecule has 4 aliphatic rings. The minimum atomic E-state index is -0.667. The van der Waals surface area contributed by atoms with Gasteiger partial charge in [0.25, 0.3) is 5.91 Å². The predicted octanol–water partition coefficient (Wildman–Crippen LogP) is 3.80. The second kappa shape index (κ2) is 9.24. The fourth-order valence-corrected chi connectivity index (χ4v) is 6.61.